The molecular weight excluding hydrogens is 575 g/mol. The standard InChI is InChI=1S/C25H29N7O5S3/c1-4-9-37-29-17(14-12-39-24(26)27-14)20(33)28-18-21(34)32-19(23(35)36)13(11-38-22(18)32)10-30(2)25-31(3)15-7-5-6-8-16(15)40-25/h4,12,18,22H,1,5-11H2,2-3H3,(H3-,26,27,28,33,35,36)/p+1/b29-17+/t18?,22-/m1/s1. The Hall–Kier alpha value is -3.43. The van der Waals surface area contributed by atoms with Crippen molar-refractivity contribution >= 4 is 68.2 Å². The average molecular weight is 605 g/mol. The third-order valence-corrected chi connectivity index (χ3v) is 10.4. The number of hydrogen-bond acceptors (Lipinski definition) is 11. The molecule has 15 heteroatoms. The molecule has 2 aromatic rings. The van der Waals surface area contributed by atoms with Crippen molar-refractivity contribution in [1.82, 2.24) is 15.2 Å². The fourth-order valence-electron chi connectivity index (χ4n) is 5.08. The Labute approximate surface area is 243 Å². The number of carboxylic acid groups (broad SMARTS) is 1. The number of thiazole rings is 2. The summed E-state index contributed by atoms with van der Waals surface area (Å²) in [6.07, 6.45) is 5.96. The van der Waals surface area contributed by atoms with E-state index in [1.807, 2.05) is 7.05 Å². The summed E-state index contributed by atoms with van der Waals surface area (Å²) in [7, 11) is 4.00. The van der Waals surface area contributed by atoms with Gasteiger partial charge in [-0.2, -0.15) is 0 Å². The summed E-state index contributed by atoms with van der Waals surface area (Å²) in [5.74, 6) is -1.93. The molecular formula is C25H30N7O5S3+. The van der Waals surface area contributed by atoms with Crippen molar-refractivity contribution in [2.24, 2.45) is 12.2 Å². The zero-order valence-corrected chi connectivity index (χ0v) is 24.5. The number of amides is 2. The first-order valence-corrected chi connectivity index (χ1v) is 15.4. The minimum atomic E-state index is -1.17. The number of aliphatic carboxylic acids is 1. The van der Waals surface area contributed by atoms with Crippen LogP contribution in [0.15, 0.2) is 34.5 Å². The molecule has 0 spiro atoms. The van der Waals surface area contributed by atoms with Gasteiger partial charge in [-0.1, -0.05) is 29.1 Å². The molecule has 0 bridgehead atoms. The van der Waals surface area contributed by atoms with Crippen LogP contribution >= 0.6 is 34.4 Å². The Bertz CT molecular complexity index is 1430. The van der Waals surface area contributed by atoms with Crippen LogP contribution in [0.4, 0.5) is 10.3 Å². The molecule has 5 rings (SSSR count). The van der Waals surface area contributed by atoms with E-state index in [0.717, 1.165) is 29.3 Å². The number of nitrogens with zero attached hydrogens (tertiary/aromatic N) is 5. The van der Waals surface area contributed by atoms with Gasteiger partial charge < -0.3 is 21.0 Å². The van der Waals surface area contributed by atoms with Crippen molar-refractivity contribution in [2.75, 3.05) is 36.6 Å². The fraction of sp³-hybridized carbons (Fsp3) is 0.440. The summed E-state index contributed by atoms with van der Waals surface area (Å²) in [6.45, 7) is 3.99. The van der Waals surface area contributed by atoms with Crippen molar-refractivity contribution in [1.29, 1.82) is 0 Å². The second-order valence-electron chi connectivity index (χ2n) is 9.59. The molecule has 0 saturated carbocycles. The third kappa shape index (κ3) is 5.20. The molecule has 0 aromatic carbocycles. The number of nitrogens with one attached hydrogen (secondary N) is 1. The first-order chi connectivity index (χ1) is 19.2. The molecule has 2 amide bonds. The topological polar surface area (TPSA) is 154 Å². The Morgan fingerprint density at radius 1 is 1.43 bits per heavy atom. The van der Waals surface area contributed by atoms with Gasteiger partial charge in [0.1, 0.15) is 41.7 Å². The van der Waals surface area contributed by atoms with Crippen LogP contribution in [0.2, 0.25) is 0 Å². The first kappa shape index (κ1) is 28.1. The lowest BCUT2D eigenvalue weighted by molar-refractivity contribution is -0.662. The number of oxime groups is 1. The van der Waals surface area contributed by atoms with E-state index < -0.39 is 29.2 Å². The largest absolute Gasteiger partial charge is 0.477 e. The van der Waals surface area contributed by atoms with Gasteiger partial charge in [0, 0.05) is 23.1 Å². The zero-order valence-electron chi connectivity index (χ0n) is 22.1. The maximum absolute atomic E-state index is 13.2. The van der Waals surface area contributed by atoms with Gasteiger partial charge in [-0.05, 0) is 19.3 Å². The number of aryl methyl sites for hydroxylation is 1. The van der Waals surface area contributed by atoms with E-state index in [1.54, 1.807) is 16.7 Å². The molecule has 1 aliphatic carbocycles. The lowest BCUT2D eigenvalue weighted by atomic mass is 10.0. The molecule has 4 heterocycles. The number of anilines is 2. The third-order valence-electron chi connectivity index (χ3n) is 6.91. The Balaban J connectivity index is 1.33. The molecule has 0 radical (unpaired) electrons. The molecule has 2 atom stereocenters. The van der Waals surface area contributed by atoms with Gasteiger partial charge in [-0.15, -0.1) is 23.1 Å². The van der Waals surface area contributed by atoms with Crippen molar-refractivity contribution in [3.05, 3.63) is 45.6 Å². The summed E-state index contributed by atoms with van der Waals surface area (Å²) >= 11 is 4.30. The summed E-state index contributed by atoms with van der Waals surface area (Å²) < 4.78 is 2.20. The van der Waals surface area contributed by atoms with Crippen molar-refractivity contribution in [3.8, 4) is 0 Å². The molecule has 1 unspecified atom stereocenters. The normalized spacial score (nSPS) is 20.4. The summed E-state index contributed by atoms with van der Waals surface area (Å²) in [5.41, 5.74) is 7.77. The van der Waals surface area contributed by atoms with Crippen LogP contribution in [0, 0.1) is 0 Å². The number of thioether (sulfide) groups is 1. The van der Waals surface area contributed by atoms with Gasteiger partial charge in [0.15, 0.2) is 10.8 Å². The maximum Gasteiger partial charge on any atom is 0.352 e. The number of carbonyl (C=O) groups excluding carboxylic acids is 2. The maximum atomic E-state index is 13.2. The molecule has 3 aliphatic rings. The number of likely N-dealkylation sites (N-methyl/N-ethyl adjacent to an activating group) is 1. The molecule has 12 nitrogen and oxygen atoms in total. The van der Waals surface area contributed by atoms with E-state index in [1.165, 1.54) is 46.2 Å². The molecule has 212 valence electrons. The average Bonchev–Trinajstić information content (AvgIpc) is 3.52. The number of β-lactam (4-membered cyclic amide) rings is 1. The number of fused-ring (bicyclic) bond motifs is 2. The number of nitrogen functional groups attached to an aromatic ring is 1. The monoisotopic (exact) mass is 604 g/mol. The first-order valence-electron chi connectivity index (χ1n) is 12.7. The zero-order chi connectivity index (χ0) is 28.6. The van der Waals surface area contributed by atoms with E-state index in [0.29, 0.717) is 17.9 Å². The van der Waals surface area contributed by atoms with E-state index in [2.05, 4.69) is 38.6 Å². The van der Waals surface area contributed by atoms with E-state index in [9.17, 15) is 19.5 Å². The molecule has 1 fully saturated rings. The minimum Gasteiger partial charge on any atom is -0.477 e. The Morgan fingerprint density at radius 2 is 2.20 bits per heavy atom. The quantitative estimate of drug-likeness (QED) is 0.0908. The highest BCUT2D eigenvalue weighted by molar-refractivity contribution is 8.00. The van der Waals surface area contributed by atoms with Crippen molar-refractivity contribution in [2.45, 2.75) is 37.1 Å². The van der Waals surface area contributed by atoms with Crippen LogP contribution in [0.25, 0.3) is 0 Å². The summed E-state index contributed by atoms with van der Waals surface area (Å²) in [6, 6.07) is -0.923. The van der Waals surface area contributed by atoms with Gasteiger partial charge in [-0.3, -0.25) is 19.4 Å². The lowest BCUT2D eigenvalue weighted by Gasteiger charge is -2.49. The summed E-state index contributed by atoms with van der Waals surface area (Å²) in [5, 5.41) is 19.0. The van der Waals surface area contributed by atoms with Crippen LogP contribution in [0.3, 0.4) is 0 Å². The number of carbonyl (C=O) groups is 3. The van der Waals surface area contributed by atoms with Crippen LogP contribution < -0.4 is 20.5 Å². The molecule has 1 saturated heterocycles. The lowest BCUT2D eigenvalue weighted by Crippen LogP contribution is -2.71. The molecule has 2 aliphatic heterocycles. The number of hydrogen-bond donors (Lipinski definition) is 3. The highest BCUT2D eigenvalue weighted by atomic mass is 32.2. The molecule has 2 aromatic heterocycles. The van der Waals surface area contributed by atoms with E-state index in [-0.39, 0.29) is 28.8 Å². The van der Waals surface area contributed by atoms with Gasteiger partial charge in [0.25, 0.3) is 11.8 Å². The molecule has 40 heavy (non-hydrogen) atoms. The van der Waals surface area contributed by atoms with Crippen LogP contribution in [-0.4, -0.2) is 75.9 Å². The Morgan fingerprint density at radius 3 is 2.88 bits per heavy atom. The predicted molar refractivity (Wildman–Crippen MR) is 154 cm³/mol. The van der Waals surface area contributed by atoms with Gasteiger partial charge in [0.05, 0.1) is 19.0 Å². The van der Waals surface area contributed by atoms with Crippen LogP contribution in [0.1, 0.15) is 29.1 Å². The van der Waals surface area contributed by atoms with E-state index in [4.69, 9.17) is 10.6 Å². The fourth-order valence-corrected chi connectivity index (χ4v) is 8.25. The van der Waals surface area contributed by atoms with Crippen molar-refractivity contribution < 1.29 is 28.9 Å². The summed E-state index contributed by atoms with van der Waals surface area (Å²) in [4.78, 5) is 52.7. The second-order valence-corrected chi connectivity index (χ2v) is 12.6. The van der Waals surface area contributed by atoms with Gasteiger partial charge in [0.2, 0.25) is 0 Å². The van der Waals surface area contributed by atoms with Crippen LogP contribution in [-0.2, 0) is 39.1 Å². The number of rotatable bonds is 10. The van der Waals surface area contributed by atoms with Crippen LogP contribution in [0.5, 0.6) is 0 Å². The highest BCUT2D eigenvalue weighted by Crippen LogP contribution is 2.41. The van der Waals surface area contributed by atoms with Crippen molar-refractivity contribution in [3.63, 3.8) is 0 Å². The second kappa shape index (κ2) is 11.6. The molecule has 4 N–H and O–H groups in total. The Kier molecular flexibility index (Phi) is 8.14. The number of carboxylic acids is 1. The smallest absolute Gasteiger partial charge is 0.352 e. The SMILES string of the molecule is C=CCO/N=C(/C(=O)NC1C(=O)N2C(C(=O)O)=C(CN(C)c3sc4c([n+]3C)CCCC4)CS[C@H]12)c1csc(N)n1. The number of aromatic nitrogens is 2. The van der Waals surface area contributed by atoms with E-state index >= 15 is 0 Å². The minimum absolute atomic E-state index is 0.0226. The van der Waals surface area contributed by atoms with Gasteiger partial charge >= 0.3 is 11.1 Å². The highest BCUT2D eigenvalue weighted by Gasteiger charge is 2.54. The predicted octanol–water partition coefficient (Wildman–Crippen LogP) is 1.27. The number of nitrogens with two attached hydrogens (primary N) is 1. The van der Waals surface area contributed by atoms with Gasteiger partial charge in [-0.25, -0.2) is 14.3 Å².